The molecule has 0 atom stereocenters. The number of aryl methyl sites for hydroxylation is 1. The van der Waals surface area contributed by atoms with Crippen LogP contribution in [0.4, 0.5) is 0 Å². The normalized spacial score (nSPS) is 6.64. The number of pyridine rings is 1. The Bertz CT molecular complexity index is 179. The molecular formula is C7H8NO2Zn-. The topological polar surface area (TPSA) is 50.2 Å². The van der Waals surface area contributed by atoms with Gasteiger partial charge in [0.1, 0.15) is 0 Å². The molecule has 0 fully saturated rings. The van der Waals surface area contributed by atoms with Gasteiger partial charge >= 0.3 is 0 Å². The van der Waals surface area contributed by atoms with Crippen molar-refractivity contribution in [2.75, 3.05) is 0 Å². The molecule has 0 aliphatic carbocycles. The molecule has 1 N–H and O–H groups in total. The summed E-state index contributed by atoms with van der Waals surface area (Å²) in [6.07, 6.45) is 1.79. The second kappa shape index (κ2) is 9.24. The predicted octanol–water partition coefficient (Wildman–Crippen LogP) is 0.999. The molecule has 3 nitrogen and oxygen atoms in total. The van der Waals surface area contributed by atoms with Crippen LogP contribution in [0.1, 0.15) is 5.69 Å². The Balaban J connectivity index is 0. The average molecular weight is 204 g/mol. The van der Waals surface area contributed by atoms with Crippen molar-refractivity contribution in [2.24, 2.45) is 0 Å². The van der Waals surface area contributed by atoms with E-state index in [1.54, 1.807) is 6.20 Å². The van der Waals surface area contributed by atoms with E-state index in [4.69, 9.17) is 9.90 Å². The summed E-state index contributed by atoms with van der Waals surface area (Å²) in [6, 6.07) is 5.86. The second-order valence-corrected chi connectivity index (χ2v) is 1.56. The maximum absolute atomic E-state index is 8.24. The van der Waals surface area contributed by atoms with Gasteiger partial charge in [-0.2, -0.15) is 0 Å². The minimum Gasteiger partial charge on any atom is -0.665 e. The van der Waals surface area contributed by atoms with Crippen LogP contribution < -0.4 is 0 Å². The van der Waals surface area contributed by atoms with Crippen molar-refractivity contribution in [1.82, 2.24) is 4.98 Å². The van der Waals surface area contributed by atoms with Crippen LogP contribution in [-0.4, -0.2) is 16.6 Å². The first-order valence-electron chi connectivity index (χ1n) is 2.70. The molecule has 1 aromatic heterocycles. The largest absolute Gasteiger partial charge is 0.665 e. The van der Waals surface area contributed by atoms with Gasteiger partial charge < -0.3 is 9.90 Å². The van der Waals surface area contributed by atoms with E-state index in [1.807, 2.05) is 25.1 Å². The number of rotatable bonds is 0. The van der Waals surface area contributed by atoms with E-state index >= 15 is 0 Å². The second-order valence-electron chi connectivity index (χ2n) is 1.56. The summed E-state index contributed by atoms with van der Waals surface area (Å²) >= 11 is 0. The predicted molar refractivity (Wildman–Crippen MR) is 37.3 cm³/mol. The summed E-state index contributed by atoms with van der Waals surface area (Å²) in [5.74, 6) is 0. The molecule has 0 aliphatic rings. The van der Waals surface area contributed by atoms with Gasteiger partial charge in [0.05, 0.1) is 0 Å². The summed E-state index contributed by atoms with van der Waals surface area (Å²) in [6.45, 7) is 2.47. The molecule has 1 heterocycles. The van der Waals surface area contributed by atoms with Crippen molar-refractivity contribution in [3.8, 4) is 0 Å². The first kappa shape index (κ1) is 12.9. The molecule has 0 aliphatic heterocycles. The van der Waals surface area contributed by atoms with Crippen LogP contribution in [0.2, 0.25) is 0 Å². The smallest absolute Gasteiger partial charge is 0.0372 e. The van der Waals surface area contributed by atoms with Crippen LogP contribution in [0.3, 0.4) is 0 Å². The molecule has 0 amide bonds. The van der Waals surface area contributed by atoms with Crippen LogP contribution in [-0.2, 0) is 24.3 Å². The average Bonchev–Trinajstić information content (AvgIpc) is 1.91. The summed E-state index contributed by atoms with van der Waals surface area (Å²) in [4.78, 5) is 12.2. The number of aliphatic hydroxyl groups excluding tert-OH is 1. The zero-order valence-electron chi connectivity index (χ0n) is 6.32. The van der Waals surface area contributed by atoms with Crippen molar-refractivity contribution >= 4 is 6.47 Å². The fourth-order valence-electron chi connectivity index (χ4n) is 0.448. The summed E-state index contributed by atoms with van der Waals surface area (Å²) in [5, 5.41) is 6.76. The summed E-state index contributed by atoms with van der Waals surface area (Å²) < 4.78 is 0. The minimum absolute atomic E-state index is 0. The van der Waals surface area contributed by atoms with Gasteiger partial charge in [-0.25, -0.2) is 0 Å². The third-order valence-electron chi connectivity index (χ3n) is 0.813. The van der Waals surface area contributed by atoms with Crippen molar-refractivity contribution in [3.63, 3.8) is 0 Å². The zero-order valence-corrected chi connectivity index (χ0v) is 9.29. The Morgan fingerprint density at radius 2 is 2.09 bits per heavy atom. The molecule has 56 valence electrons. The molecule has 0 radical (unpaired) electrons. The van der Waals surface area contributed by atoms with E-state index in [1.165, 1.54) is 0 Å². The third-order valence-corrected chi connectivity index (χ3v) is 0.813. The van der Waals surface area contributed by atoms with Crippen LogP contribution in [0.15, 0.2) is 24.4 Å². The maximum atomic E-state index is 8.24. The standard InChI is InChI=1S/C6H7N.CHO2.Zn/c1-6-4-2-3-5-7-6;2-1-3;/h2-5H,1H3;(H,2,3);/q;-1;. The van der Waals surface area contributed by atoms with E-state index in [-0.39, 0.29) is 19.5 Å². The molecule has 0 bridgehead atoms. The van der Waals surface area contributed by atoms with Crippen molar-refractivity contribution < 1.29 is 29.4 Å². The third kappa shape index (κ3) is 9.24. The number of nitrogens with zero attached hydrogens (tertiary/aromatic N) is 1. The van der Waals surface area contributed by atoms with E-state index in [0.29, 0.717) is 6.47 Å². The minimum atomic E-state index is 0. The Labute approximate surface area is 78.2 Å². The molecule has 4 heteroatoms. The van der Waals surface area contributed by atoms with Crippen molar-refractivity contribution in [3.05, 3.63) is 30.1 Å². The Morgan fingerprint density at radius 3 is 2.27 bits per heavy atom. The molecule has 1 aromatic rings. The molecule has 0 unspecified atom stereocenters. The summed E-state index contributed by atoms with van der Waals surface area (Å²) in [5.41, 5.74) is 1.07. The monoisotopic (exact) mass is 202 g/mol. The summed E-state index contributed by atoms with van der Waals surface area (Å²) in [7, 11) is 0. The van der Waals surface area contributed by atoms with Gasteiger partial charge in [-0.3, -0.25) is 4.98 Å². The molecule has 0 saturated carbocycles. The number of aromatic nitrogens is 1. The molecule has 0 saturated heterocycles. The molecule has 1 rings (SSSR count). The fraction of sp³-hybridized carbons (Fsp3) is 0.143. The van der Waals surface area contributed by atoms with E-state index in [0.717, 1.165) is 5.69 Å². The van der Waals surface area contributed by atoms with Gasteiger partial charge in [0.25, 0.3) is 0 Å². The van der Waals surface area contributed by atoms with Gasteiger partial charge in [-0.1, -0.05) is 12.5 Å². The number of hydrogen-bond donors (Lipinski definition) is 1. The van der Waals surface area contributed by atoms with E-state index in [9.17, 15) is 0 Å². The Hall–Kier alpha value is -0.757. The molecule has 0 aromatic carbocycles. The van der Waals surface area contributed by atoms with E-state index in [2.05, 4.69) is 4.98 Å². The SMILES string of the molecule is Cc1ccccn1.O=[C-]O.[Zn]. The van der Waals surface area contributed by atoms with Crippen LogP contribution >= 0.6 is 0 Å². The van der Waals surface area contributed by atoms with Gasteiger partial charge in [0.15, 0.2) is 0 Å². The zero-order chi connectivity index (χ0) is 7.82. The van der Waals surface area contributed by atoms with Crippen LogP contribution in [0.5, 0.6) is 0 Å². The first-order valence-corrected chi connectivity index (χ1v) is 2.70. The number of hydrogen-bond acceptors (Lipinski definition) is 2. The maximum Gasteiger partial charge on any atom is 0.0372 e. The van der Waals surface area contributed by atoms with Gasteiger partial charge in [-0.05, 0) is 19.1 Å². The molecule has 0 spiro atoms. The molecule has 11 heavy (non-hydrogen) atoms. The van der Waals surface area contributed by atoms with Crippen molar-refractivity contribution in [1.29, 1.82) is 0 Å². The van der Waals surface area contributed by atoms with Crippen LogP contribution in [0.25, 0.3) is 0 Å². The van der Waals surface area contributed by atoms with Crippen LogP contribution in [0, 0.1) is 6.92 Å². The fourth-order valence-corrected chi connectivity index (χ4v) is 0.448. The Morgan fingerprint density at radius 1 is 1.55 bits per heavy atom. The quantitative estimate of drug-likeness (QED) is 0.506. The van der Waals surface area contributed by atoms with Gasteiger partial charge in [0.2, 0.25) is 0 Å². The van der Waals surface area contributed by atoms with Gasteiger partial charge in [-0.15, -0.1) is 0 Å². The van der Waals surface area contributed by atoms with Crippen molar-refractivity contribution in [2.45, 2.75) is 6.92 Å². The Kier molecular flexibility index (Phi) is 10.8. The van der Waals surface area contributed by atoms with Gasteiger partial charge in [0, 0.05) is 31.4 Å². The molecular weight excluding hydrogens is 195 g/mol. The van der Waals surface area contributed by atoms with E-state index < -0.39 is 0 Å². The first-order chi connectivity index (χ1) is 4.81.